The van der Waals surface area contributed by atoms with Crippen LogP contribution in [0.25, 0.3) is 0 Å². The SMILES string of the molecule is O=C(NCc1ccccc1)c1cccc(NS(=O)(=O)c2cccs2)c1. The zero-order chi connectivity index (χ0) is 17.7. The predicted octanol–water partition coefficient (Wildman–Crippen LogP) is 3.48. The standard InChI is InChI=1S/C18H16N2O3S2/c21-18(19-13-14-6-2-1-3-7-14)15-8-4-9-16(12-15)20-25(22,23)17-10-5-11-24-17/h1-12,20H,13H2,(H,19,21). The summed E-state index contributed by atoms with van der Waals surface area (Å²) in [5.74, 6) is -0.263. The maximum atomic E-state index is 12.3. The van der Waals surface area contributed by atoms with Crippen LogP contribution in [0.3, 0.4) is 0 Å². The Hall–Kier alpha value is -2.64. The maximum Gasteiger partial charge on any atom is 0.271 e. The summed E-state index contributed by atoms with van der Waals surface area (Å²) in [6.45, 7) is 0.408. The normalized spacial score (nSPS) is 11.0. The molecule has 0 aliphatic rings. The molecule has 1 amide bonds. The monoisotopic (exact) mass is 372 g/mol. The van der Waals surface area contributed by atoms with Crippen molar-refractivity contribution in [3.05, 3.63) is 83.2 Å². The minimum absolute atomic E-state index is 0.228. The highest BCUT2D eigenvalue weighted by atomic mass is 32.2. The van der Waals surface area contributed by atoms with Crippen LogP contribution in [0.5, 0.6) is 0 Å². The molecule has 3 aromatic rings. The van der Waals surface area contributed by atoms with Crippen LogP contribution in [-0.4, -0.2) is 14.3 Å². The zero-order valence-corrected chi connectivity index (χ0v) is 14.8. The minimum Gasteiger partial charge on any atom is -0.348 e. The molecule has 7 heteroatoms. The van der Waals surface area contributed by atoms with Crippen molar-refractivity contribution in [1.82, 2.24) is 5.32 Å². The summed E-state index contributed by atoms with van der Waals surface area (Å²) in [4.78, 5) is 12.3. The average Bonchev–Trinajstić information content (AvgIpc) is 3.16. The molecular formula is C18H16N2O3S2. The second kappa shape index (κ2) is 7.50. The lowest BCUT2D eigenvalue weighted by molar-refractivity contribution is 0.0951. The average molecular weight is 372 g/mol. The number of nitrogens with one attached hydrogen (secondary N) is 2. The summed E-state index contributed by atoms with van der Waals surface area (Å²) in [6, 6.07) is 19.2. The molecule has 0 aliphatic heterocycles. The van der Waals surface area contributed by atoms with Gasteiger partial charge >= 0.3 is 0 Å². The molecule has 2 N–H and O–H groups in total. The molecule has 0 spiro atoms. The van der Waals surface area contributed by atoms with E-state index < -0.39 is 10.0 Å². The number of hydrogen-bond donors (Lipinski definition) is 2. The third-order valence-electron chi connectivity index (χ3n) is 3.43. The maximum absolute atomic E-state index is 12.3. The van der Waals surface area contributed by atoms with E-state index >= 15 is 0 Å². The number of carbonyl (C=O) groups is 1. The van der Waals surface area contributed by atoms with Gasteiger partial charge in [-0.1, -0.05) is 42.5 Å². The minimum atomic E-state index is -3.63. The Bertz CT molecular complexity index is 953. The Morgan fingerprint density at radius 3 is 2.48 bits per heavy atom. The summed E-state index contributed by atoms with van der Waals surface area (Å²) < 4.78 is 27.2. The molecule has 0 bridgehead atoms. The Morgan fingerprint density at radius 2 is 1.76 bits per heavy atom. The van der Waals surface area contributed by atoms with Gasteiger partial charge in [-0.25, -0.2) is 8.42 Å². The van der Waals surface area contributed by atoms with Crippen LogP contribution in [0.15, 0.2) is 76.3 Å². The first kappa shape index (κ1) is 17.2. The van der Waals surface area contributed by atoms with E-state index in [2.05, 4.69) is 10.0 Å². The number of benzene rings is 2. The second-order valence-corrected chi connectivity index (χ2v) is 8.14. The van der Waals surface area contributed by atoms with E-state index in [9.17, 15) is 13.2 Å². The van der Waals surface area contributed by atoms with Crippen molar-refractivity contribution in [3.63, 3.8) is 0 Å². The molecular weight excluding hydrogens is 356 g/mol. The molecule has 5 nitrogen and oxygen atoms in total. The van der Waals surface area contributed by atoms with Crippen molar-refractivity contribution in [1.29, 1.82) is 0 Å². The fourth-order valence-corrected chi connectivity index (χ4v) is 4.27. The van der Waals surface area contributed by atoms with E-state index in [1.54, 1.807) is 29.6 Å². The van der Waals surface area contributed by atoms with Crippen molar-refractivity contribution in [2.24, 2.45) is 0 Å². The molecule has 0 atom stereocenters. The molecule has 0 radical (unpaired) electrons. The fraction of sp³-hybridized carbons (Fsp3) is 0.0556. The third-order valence-corrected chi connectivity index (χ3v) is 6.21. The molecule has 2 aromatic carbocycles. The zero-order valence-electron chi connectivity index (χ0n) is 13.2. The van der Waals surface area contributed by atoms with Crippen LogP contribution in [0, 0.1) is 0 Å². The van der Waals surface area contributed by atoms with Crippen molar-refractivity contribution in [2.45, 2.75) is 10.8 Å². The van der Waals surface area contributed by atoms with Gasteiger partial charge in [0.25, 0.3) is 15.9 Å². The largest absolute Gasteiger partial charge is 0.348 e. The second-order valence-electron chi connectivity index (χ2n) is 5.29. The molecule has 25 heavy (non-hydrogen) atoms. The molecule has 3 rings (SSSR count). The molecule has 0 fully saturated rings. The Labute approximate surface area is 150 Å². The quantitative estimate of drug-likeness (QED) is 0.696. The first-order chi connectivity index (χ1) is 12.0. The molecule has 128 valence electrons. The lowest BCUT2D eigenvalue weighted by atomic mass is 10.2. The number of carbonyl (C=O) groups excluding carboxylic acids is 1. The number of anilines is 1. The lowest BCUT2D eigenvalue weighted by Crippen LogP contribution is -2.23. The van der Waals surface area contributed by atoms with E-state index in [0.717, 1.165) is 16.9 Å². The highest BCUT2D eigenvalue weighted by Gasteiger charge is 2.16. The van der Waals surface area contributed by atoms with Crippen molar-refractivity contribution in [2.75, 3.05) is 4.72 Å². The van der Waals surface area contributed by atoms with Crippen LogP contribution in [-0.2, 0) is 16.6 Å². The van der Waals surface area contributed by atoms with Crippen LogP contribution < -0.4 is 10.0 Å². The molecule has 1 heterocycles. The van der Waals surface area contributed by atoms with Crippen LogP contribution in [0.4, 0.5) is 5.69 Å². The van der Waals surface area contributed by atoms with Gasteiger partial charge in [-0.05, 0) is 35.2 Å². The van der Waals surface area contributed by atoms with Gasteiger partial charge < -0.3 is 5.32 Å². The van der Waals surface area contributed by atoms with Gasteiger partial charge in [0.15, 0.2) is 0 Å². The molecule has 0 unspecified atom stereocenters. The fourth-order valence-electron chi connectivity index (χ4n) is 2.23. The third kappa shape index (κ3) is 4.46. The van der Waals surface area contributed by atoms with Crippen molar-refractivity contribution < 1.29 is 13.2 Å². The van der Waals surface area contributed by atoms with Crippen LogP contribution >= 0.6 is 11.3 Å². The topological polar surface area (TPSA) is 75.3 Å². The van der Waals surface area contributed by atoms with Crippen LogP contribution in [0.2, 0.25) is 0 Å². The van der Waals surface area contributed by atoms with Gasteiger partial charge in [0.05, 0.1) is 0 Å². The van der Waals surface area contributed by atoms with E-state index in [1.807, 2.05) is 30.3 Å². The van der Waals surface area contributed by atoms with Crippen molar-refractivity contribution >= 4 is 33.0 Å². The number of rotatable bonds is 6. The van der Waals surface area contributed by atoms with E-state index in [1.165, 1.54) is 12.1 Å². The van der Waals surface area contributed by atoms with Gasteiger partial charge in [-0.2, -0.15) is 0 Å². The van der Waals surface area contributed by atoms with Gasteiger partial charge in [0, 0.05) is 17.8 Å². The first-order valence-corrected chi connectivity index (χ1v) is 9.89. The highest BCUT2D eigenvalue weighted by Crippen LogP contribution is 2.20. The Kier molecular flexibility index (Phi) is 5.16. The smallest absolute Gasteiger partial charge is 0.271 e. The predicted molar refractivity (Wildman–Crippen MR) is 99.2 cm³/mol. The molecule has 1 aromatic heterocycles. The van der Waals surface area contributed by atoms with Gasteiger partial charge in [0.2, 0.25) is 0 Å². The number of thiophene rings is 1. The van der Waals surface area contributed by atoms with Gasteiger partial charge in [-0.3, -0.25) is 9.52 Å². The number of amides is 1. The summed E-state index contributed by atoms with van der Waals surface area (Å²) in [6.07, 6.45) is 0. The summed E-state index contributed by atoms with van der Waals surface area (Å²) >= 11 is 1.14. The summed E-state index contributed by atoms with van der Waals surface area (Å²) in [7, 11) is -3.63. The summed E-state index contributed by atoms with van der Waals surface area (Å²) in [5, 5.41) is 4.52. The first-order valence-electron chi connectivity index (χ1n) is 7.53. The number of hydrogen-bond acceptors (Lipinski definition) is 4. The molecule has 0 saturated heterocycles. The van der Waals surface area contributed by atoms with Crippen LogP contribution in [0.1, 0.15) is 15.9 Å². The van der Waals surface area contributed by atoms with E-state index in [0.29, 0.717) is 17.8 Å². The lowest BCUT2D eigenvalue weighted by Gasteiger charge is -2.09. The molecule has 0 aliphatic carbocycles. The highest BCUT2D eigenvalue weighted by molar-refractivity contribution is 7.94. The van der Waals surface area contributed by atoms with Crippen molar-refractivity contribution in [3.8, 4) is 0 Å². The Balaban J connectivity index is 1.70. The van der Waals surface area contributed by atoms with Gasteiger partial charge in [-0.15, -0.1) is 11.3 Å². The van der Waals surface area contributed by atoms with E-state index in [4.69, 9.17) is 0 Å². The Morgan fingerprint density at radius 1 is 0.960 bits per heavy atom. The summed E-state index contributed by atoms with van der Waals surface area (Å²) in [5.41, 5.74) is 1.73. The number of sulfonamides is 1. The van der Waals surface area contributed by atoms with E-state index in [-0.39, 0.29) is 10.1 Å². The molecule has 0 saturated carbocycles. The van der Waals surface area contributed by atoms with Gasteiger partial charge in [0.1, 0.15) is 4.21 Å².